The van der Waals surface area contributed by atoms with Gasteiger partial charge in [-0.3, -0.25) is 0 Å². The summed E-state index contributed by atoms with van der Waals surface area (Å²) in [5.41, 5.74) is 1.42. The van der Waals surface area contributed by atoms with E-state index in [0.29, 0.717) is 12.0 Å². The van der Waals surface area contributed by atoms with Gasteiger partial charge in [0.1, 0.15) is 5.75 Å². The van der Waals surface area contributed by atoms with Gasteiger partial charge in [0.25, 0.3) is 0 Å². The van der Waals surface area contributed by atoms with Crippen LogP contribution in [0.4, 0.5) is 0 Å². The normalized spacial score (nSPS) is 21.8. The SMILES string of the molecule is CCN(CC)CCNC1CC(c2cccc(OC)c2)C1. The molecule has 0 heterocycles. The molecule has 0 aromatic heterocycles. The van der Waals surface area contributed by atoms with Crippen molar-refractivity contribution in [3.05, 3.63) is 29.8 Å². The van der Waals surface area contributed by atoms with Gasteiger partial charge in [0.2, 0.25) is 0 Å². The van der Waals surface area contributed by atoms with E-state index in [1.54, 1.807) is 7.11 Å². The van der Waals surface area contributed by atoms with Crippen molar-refractivity contribution in [1.82, 2.24) is 10.2 Å². The number of ether oxygens (including phenoxy) is 1. The third kappa shape index (κ3) is 3.97. The van der Waals surface area contributed by atoms with Crippen LogP contribution in [0.15, 0.2) is 24.3 Å². The summed E-state index contributed by atoms with van der Waals surface area (Å²) in [4.78, 5) is 2.46. The zero-order valence-corrected chi connectivity index (χ0v) is 13.1. The number of rotatable bonds is 8. The van der Waals surface area contributed by atoms with E-state index in [0.717, 1.165) is 31.9 Å². The molecule has 1 fully saturated rings. The number of nitrogens with zero attached hydrogens (tertiary/aromatic N) is 1. The van der Waals surface area contributed by atoms with Crippen LogP contribution in [-0.4, -0.2) is 44.2 Å². The first-order valence-corrected chi connectivity index (χ1v) is 7.86. The summed E-state index contributed by atoms with van der Waals surface area (Å²) in [5.74, 6) is 1.68. The molecule has 3 nitrogen and oxygen atoms in total. The van der Waals surface area contributed by atoms with E-state index in [2.05, 4.69) is 42.3 Å². The lowest BCUT2D eigenvalue weighted by Gasteiger charge is -2.37. The molecular weight excluding hydrogens is 248 g/mol. The van der Waals surface area contributed by atoms with Gasteiger partial charge < -0.3 is 15.0 Å². The Balaban J connectivity index is 1.69. The highest BCUT2D eigenvalue weighted by Gasteiger charge is 2.29. The Morgan fingerprint density at radius 2 is 2.00 bits per heavy atom. The summed E-state index contributed by atoms with van der Waals surface area (Å²) < 4.78 is 5.30. The Kier molecular flexibility index (Phi) is 5.86. The maximum atomic E-state index is 5.30. The Labute approximate surface area is 123 Å². The van der Waals surface area contributed by atoms with E-state index in [-0.39, 0.29) is 0 Å². The predicted molar refractivity (Wildman–Crippen MR) is 84.5 cm³/mol. The molecule has 0 radical (unpaired) electrons. The minimum atomic E-state index is 0.696. The summed E-state index contributed by atoms with van der Waals surface area (Å²) in [5, 5.41) is 3.67. The Bertz CT molecular complexity index is 398. The maximum absolute atomic E-state index is 5.30. The van der Waals surface area contributed by atoms with Crippen molar-refractivity contribution in [3.63, 3.8) is 0 Å². The molecule has 3 heteroatoms. The second-order valence-corrected chi connectivity index (χ2v) is 5.62. The van der Waals surface area contributed by atoms with Gasteiger partial charge in [-0.1, -0.05) is 26.0 Å². The maximum Gasteiger partial charge on any atom is 0.119 e. The van der Waals surface area contributed by atoms with Crippen molar-refractivity contribution in [2.75, 3.05) is 33.3 Å². The molecule has 1 aromatic carbocycles. The highest BCUT2D eigenvalue weighted by atomic mass is 16.5. The Morgan fingerprint density at radius 1 is 1.25 bits per heavy atom. The summed E-state index contributed by atoms with van der Waals surface area (Å²) in [7, 11) is 1.73. The third-order valence-electron chi connectivity index (χ3n) is 4.46. The number of nitrogens with one attached hydrogen (secondary N) is 1. The average Bonchev–Trinajstić information content (AvgIpc) is 2.45. The number of hydrogen-bond donors (Lipinski definition) is 1. The molecule has 20 heavy (non-hydrogen) atoms. The number of methoxy groups -OCH3 is 1. The standard InChI is InChI=1S/C17H28N2O/c1-4-19(5-2)10-9-18-16-11-15(12-16)14-7-6-8-17(13-14)20-3/h6-8,13,15-16,18H,4-5,9-12H2,1-3H3. The van der Waals surface area contributed by atoms with Gasteiger partial charge in [-0.15, -0.1) is 0 Å². The van der Waals surface area contributed by atoms with Crippen molar-refractivity contribution in [2.45, 2.75) is 38.6 Å². The molecule has 0 unspecified atom stereocenters. The quantitative estimate of drug-likeness (QED) is 0.790. The van der Waals surface area contributed by atoms with Crippen LogP contribution in [0, 0.1) is 0 Å². The van der Waals surface area contributed by atoms with Crippen LogP contribution in [0.5, 0.6) is 5.75 Å². The fraction of sp³-hybridized carbons (Fsp3) is 0.647. The molecule has 2 rings (SSSR count). The van der Waals surface area contributed by atoms with Crippen LogP contribution in [0.1, 0.15) is 38.2 Å². The number of likely N-dealkylation sites (N-methyl/N-ethyl adjacent to an activating group) is 1. The van der Waals surface area contributed by atoms with E-state index >= 15 is 0 Å². The van der Waals surface area contributed by atoms with Crippen LogP contribution < -0.4 is 10.1 Å². The molecule has 1 saturated carbocycles. The molecular formula is C17H28N2O. The van der Waals surface area contributed by atoms with Crippen molar-refractivity contribution in [2.24, 2.45) is 0 Å². The van der Waals surface area contributed by atoms with E-state index in [9.17, 15) is 0 Å². The molecule has 0 atom stereocenters. The molecule has 1 N–H and O–H groups in total. The first-order valence-electron chi connectivity index (χ1n) is 7.86. The molecule has 0 bridgehead atoms. The molecule has 0 amide bonds. The second kappa shape index (κ2) is 7.65. The topological polar surface area (TPSA) is 24.5 Å². The lowest BCUT2D eigenvalue weighted by Crippen LogP contribution is -2.43. The summed E-state index contributed by atoms with van der Waals surface area (Å²) in [6.07, 6.45) is 2.51. The largest absolute Gasteiger partial charge is 0.497 e. The van der Waals surface area contributed by atoms with Gasteiger partial charge >= 0.3 is 0 Å². The first kappa shape index (κ1) is 15.3. The van der Waals surface area contributed by atoms with E-state index in [1.165, 1.54) is 18.4 Å². The van der Waals surface area contributed by atoms with Crippen LogP contribution >= 0.6 is 0 Å². The molecule has 0 aliphatic heterocycles. The van der Waals surface area contributed by atoms with Gasteiger partial charge in [0, 0.05) is 19.1 Å². The minimum absolute atomic E-state index is 0.696. The summed E-state index contributed by atoms with van der Waals surface area (Å²) in [6, 6.07) is 9.20. The summed E-state index contributed by atoms with van der Waals surface area (Å²) >= 11 is 0. The van der Waals surface area contributed by atoms with Gasteiger partial charge in [-0.2, -0.15) is 0 Å². The third-order valence-corrected chi connectivity index (χ3v) is 4.46. The zero-order valence-electron chi connectivity index (χ0n) is 13.1. The monoisotopic (exact) mass is 276 g/mol. The van der Waals surface area contributed by atoms with E-state index in [1.807, 2.05) is 6.07 Å². The summed E-state index contributed by atoms with van der Waals surface area (Å²) in [6.45, 7) is 9.02. The lowest BCUT2D eigenvalue weighted by molar-refractivity contribution is 0.255. The molecule has 0 saturated heterocycles. The van der Waals surface area contributed by atoms with Crippen LogP contribution in [0.3, 0.4) is 0 Å². The van der Waals surface area contributed by atoms with E-state index < -0.39 is 0 Å². The fourth-order valence-electron chi connectivity index (χ4n) is 2.92. The van der Waals surface area contributed by atoms with Gasteiger partial charge in [-0.25, -0.2) is 0 Å². The Hall–Kier alpha value is -1.06. The molecule has 0 spiro atoms. The fourth-order valence-corrected chi connectivity index (χ4v) is 2.92. The smallest absolute Gasteiger partial charge is 0.119 e. The molecule has 1 aliphatic carbocycles. The Morgan fingerprint density at radius 3 is 2.65 bits per heavy atom. The average molecular weight is 276 g/mol. The van der Waals surface area contributed by atoms with Gasteiger partial charge in [0.15, 0.2) is 0 Å². The highest BCUT2D eigenvalue weighted by molar-refractivity contribution is 5.32. The van der Waals surface area contributed by atoms with Gasteiger partial charge in [-0.05, 0) is 49.5 Å². The van der Waals surface area contributed by atoms with Crippen molar-refractivity contribution in [1.29, 1.82) is 0 Å². The zero-order chi connectivity index (χ0) is 14.4. The minimum Gasteiger partial charge on any atom is -0.497 e. The van der Waals surface area contributed by atoms with Crippen LogP contribution in [-0.2, 0) is 0 Å². The van der Waals surface area contributed by atoms with Crippen molar-refractivity contribution in [3.8, 4) is 5.75 Å². The second-order valence-electron chi connectivity index (χ2n) is 5.62. The highest BCUT2D eigenvalue weighted by Crippen LogP contribution is 2.37. The van der Waals surface area contributed by atoms with Crippen LogP contribution in [0.2, 0.25) is 0 Å². The first-order chi connectivity index (χ1) is 9.76. The molecule has 1 aromatic rings. The molecule has 1 aliphatic rings. The van der Waals surface area contributed by atoms with Crippen molar-refractivity contribution < 1.29 is 4.74 Å². The number of hydrogen-bond acceptors (Lipinski definition) is 3. The van der Waals surface area contributed by atoms with E-state index in [4.69, 9.17) is 4.74 Å². The predicted octanol–water partition coefficient (Wildman–Crippen LogP) is 2.87. The van der Waals surface area contributed by atoms with Crippen LogP contribution in [0.25, 0.3) is 0 Å². The lowest BCUT2D eigenvalue weighted by atomic mass is 9.76. The van der Waals surface area contributed by atoms with Crippen molar-refractivity contribution >= 4 is 0 Å². The number of benzene rings is 1. The molecule has 112 valence electrons. The van der Waals surface area contributed by atoms with Gasteiger partial charge in [0.05, 0.1) is 7.11 Å².